The number of hydrogen-bond acceptors (Lipinski definition) is 3. The highest BCUT2D eigenvalue weighted by molar-refractivity contribution is 14.0. The maximum atomic E-state index is 12.1. The van der Waals surface area contributed by atoms with Gasteiger partial charge in [-0.2, -0.15) is 0 Å². The average Bonchev–Trinajstić information content (AvgIpc) is 2.55. The second-order valence-corrected chi connectivity index (χ2v) is 9.23. The Kier molecular flexibility index (Phi) is 12.1. The molecular formula is C19H34IN3O2S. The van der Waals surface area contributed by atoms with Gasteiger partial charge >= 0.3 is 0 Å². The maximum Gasteiger partial charge on any atom is 0.191 e. The van der Waals surface area contributed by atoms with Gasteiger partial charge in [-0.1, -0.05) is 12.1 Å². The first kappa shape index (κ1) is 25.2. The van der Waals surface area contributed by atoms with Crippen LogP contribution in [-0.4, -0.2) is 47.4 Å². The first-order valence-electron chi connectivity index (χ1n) is 8.82. The summed E-state index contributed by atoms with van der Waals surface area (Å²) in [7, 11) is 0.821. The SMILES string of the molecule is CCNC(=NCCS(=O)C(C)(C)C)NCCc1ccc(C)c(OC)c1.I. The van der Waals surface area contributed by atoms with Crippen molar-refractivity contribution in [2.75, 3.05) is 32.5 Å². The second-order valence-electron chi connectivity index (χ2n) is 6.90. The van der Waals surface area contributed by atoms with Crippen LogP contribution in [0.4, 0.5) is 0 Å². The van der Waals surface area contributed by atoms with Gasteiger partial charge in [0, 0.05) is 34.4 Å². The fourth-order valence-corrected chi connectivity index (χ4v) is 3.10. The fraction of sp³-hybridized carbons (Fsp3) is 0.632. The first-order valence-corrected chi connectivity index (χ1v) is 10.1. The number of halogens is 1. The van der Waals surface area contributed by atoms with E-state index in [1.165, 1.54) is 5.56 Å². The fourth-order valence-electron chi connectivity index (χ4n) is 2.23. The van der Waals surface area contributed by atoms with Crippen LogP contribution >= 0.6 is 24.0 Å². The Morgan fingerprint density at radius 2 is 1.96 bits per heavy atom. The van der Waals surface area contributed by atoms with E-state index in [0.29, 0.717) is 12.3 Å². The molecule has 150 valence electrons. The molecule has 0 aliphatic carbocycles. The number of nitrogens with one attached hydrogen (secondary N) is 2. The zero-order valence-electron chi connectivity index (χ0n) is 16.8. The molecule has 5 nitrogen and oxygen atoms in total. The van der Waals surface area contributed by atoms with E-state index in [1.807, 2.05) is 34.6 Å². The van der Waals surface area contributed by atoms with Crippen LogP contribution in [0.2, 0.25) is 0 Å². The van der Waals surface area contributed by atoms with E-state index in [0.717, 1.165) is 36.8 Å². The molecule has 26 heavy (non-hydrogen) atoms. The van der Waals surface area contributed by atoms with Gasteiger partial charge in [-0.05, 0) is 58.2 Å². The van der Waals surface area contributed by atoms with Gasteiger partial charge in [-0.15, -0.1) is 24.0 Å². The molecular weight excluding hydrogens is 461 g/mol. The molecule has 7 heteroatoms. The Morgan fingerprint density at radius 3 is 2.54 bits per heavy atom. The smallest absolute Gasteiger partial charge is 0.191 e. The zero-order chi connectivity index (χ0) is 18.9. The van der Waals surface area contributed by atoms with Gasteiger partial charge in [0.1, 0.15) is 5.75 Å². The van der Waals surface area contributed by atoms with Crippen LogP contribution in [-0.2, 0) is 17.2 Å². The van der Waals surface area contributed by atoms with Crippen molar-refractivity contribution in [2.24, 2.45) is 4.99 Å². The van der Waals surface area contributed by atoms with Crippen molar-refractivity contribution < 1.29 is 8.95 Å². The summed E-state index contributed by atoms with van der Waals surface area (Å²) in [5.74, 6) is 2.27. The summed E-state index contributed by atoms with van der Waals surface area (Å²) in [6.07, 6.45) is 0.884. The molecule has 0 aliphatic rings. The van der Waals surface area contributed by atoms with Crippen LogP contribution in [0.5, 0.6) is 5.75 Å². The predicted octanol–water partition coefficient (Wildman–Crippen LogP) is 3.27. The van der Waals surface area contributed by atoms with E-state index in [2.05, 4.69) is 33.8 Å². The van der Waals surface area contributed by atoms with Crippen LogP contribution in [0.3, 0.4) is 0 Å². The molecule has 0 aliphatic heterocycles. The van der Waals surface area contributed by atoms with Gasteiger partial charge in [0.2, 0.25) is 0 Å². The zero-order valence-corrected chi connectivity index (χ0v) is 20.0. The number of nitrogens with zero attached hydrogens (tertiary/aromatic N) is 1. The van der Waals surface area contributed by atoms with E-state index >= 15 is 0 Å². The van der Waals surface area contributed by atoms with Crippen LogP contribution in [0.15, 0.2) is 23.2 Å². The third kappa shape index (κ3) is 9.21. The summed E-state index contributed by atoms with van der Waals surface area (Å²) in [4.78, 5) is 4.52. The van der Waals surface area contributed by atoms with Crippen molar-refractivity contribution in [3.8, 4) is 5.75 Å². The molecule has 1 aromatic rings. The molecule has 0 bridgehead atoms. The number of ether oxygens (including phenoxy) is 1. The summed E-state index contributed by atoms with van der Waals surface area (Å²) >= 11 is 0. The molecule has 0 saturated heterocycles. The van der Waals surface area contributed by atoms with Crippen molar-refractivity contribution in [2.45, 2.75) is 45.8 Å². The minimum absolute atomic E-state index is 0. The minimum atomic E-state index is -0.876. The van der Waals surface area contributed by atoms with Crippen molar-refractivity contribution in [3.05, 3.63) is 29.3 Å². The third-order valence-electron chi connectivity index (χ3n) is 3.75. The van der Waals surface area contributed by atoms with E-state index in [9.17, 15) is 4.21 Å². The van der Waals surface area contributed by atoms with E-state index in [4.69, 9.17) is 4.74 Å². The molecule has 0 amide bonds. The van der Waals surface area contributed by atoms with Crippen LogP contribution in [0.1, 0.15) is 38.8 Å². The Hall–Kier alpha value is -0.830. The minimum Gasteiger partial charge on any atom is -0.496 e. The summed E-state index contributed by atoms with van der Waals surface area (Å²) in [5.41, 5.74) is 2.36. The molecule has 1 aromatic carbocycles. The lowest BCUT2D eigenvalue weighted by molar-refractivity contribution is 0.411. The number of benzene rings is 1. The van der Waals surface area contributed by atoms with Crippen LogP contribution < -0.4 is 15.4 Å². The summed E-state index contributed by atoms with van der Waals surface area (Å²) in [6.45, 7) is 12.2. The molecule has 1 rings (SSSR count). The number of rotatable bonds is 8. The highest BCUT2D eigenvalue weighted by Gasteiger charge is 2.18. The van der Waals surface area contributed by atoms with E-state index in [-0.39, 0.29) is 28.7 Å². The lowest BCUT2D eigenvalue weighted by Crippen LogP contribution is -2.38. The van der Waals surface area contributed by atoms with Gasteiger partial charge in [-0.25, -0.2) is 0 Å². The number of aryl methyl sites for hydroxylation is 1. The summed E-state index contributed by atoms with van der Waals surface area (Å²) in [6, 6.07) is 6.28. The van der Waals surface area contributed by atoms with Crippen LogP contribution in [0.25, 0.3) is 0 Å². The molecule has 0 heterocycles. The topological polar surface area (TPSA) is 62.7 Å². The monoisotopic (exact) mass is 495 g/mol. The summed E-state index contributed by atoms with van der Waals surface area (Å²) < 4.78 is 17.3. The average molecular weight is 495 g/mol. The van der Waals surface area contributed by atoms with Gasteiger partial charge in [0.25, 0.3) is 0 Å². The Balaban J connectivity index is 0.00000625. The third-order valence-corrected chi connectivity index (χ3v) is 5.67. The Morgan fingerprint density at radius 1 is 1.27 bits per heavy atom. The van der Waals surface area contributed by atoms with Crippen molar-refractivity contribution in [1.82, 2.24) is 10.6 Å². The lowest BCUT2D eigenvalue weighted by atomic mass is 10.1. The van der Waals surface area contributed by atoms with Crippen molar-refractivity contribution in [1.29, 1.82) is 0 Å². The highest BCUT2D eigenvalue weighted by atomic mass is 127. The van der Waals surface area contributed by atoms with Gasteiger partial charge in [0.05, 0.1) is 13.7 Å². The predicted molar refractivity (Wildman–Crippen MR) is 124 cm³/mol. The molecule has 0 spiro atoms. The molecule has 0 aromatic heterocycles. The molecule has 2 N–H and O–H groups in total. The maximum absolute atomic E-state index is 12.1. The Bertz CT molecular complexity index is 601. The van der Waals surface area contributed by atoms with Gasteiger partial charge in [-0.3, -0.25) is 9.20 Å². The number of aliphatic imine (C=N–C) groups is 1. The summed E-state index contributed by atoms with van der Waals surface area (Å²) in [5, 5.41) is 6.56. The molecule has 1 atom stereocenters. The van der Waals surface area contributed by atoms with E-state index < -0.39 is 10.8 Å². The number of methoxy groups -OCH3 is 1. The highest BCUT2D eigenvalue weighted by Crippen LogP contribution is 2.19. The normalized spacial score (nSPS) is 12.9. The van der Waals surface area contributed by atoms with Crippen molar-refractivity contribution in [3.63, 3.8) is 0 Å². The Labute approximate surface area is 178 Å². The lowest BCUT2D eigenvalue weighted by Gasteiger charge is -2.17. The number of hydrogen-bond donors (Lipinski definition) is 2. The second kappa shape index (κ2) is 12.5. The van der Waals surface area contributed by atoms with E-state index in [1.54, 1.807) is 7.11 Å². The quantitative estimate of drug-likeness (QED) is 0.330. The van der Waals surface area contributed by atoms with Crippen LogP contribution in [0, 0.1) is 6.92 Å². The number of guanidine groups is 1. The standard InChI is InChI=1S/C19H33N3O2S.HI/c1-7-20-18(22-12-13-25(23)19(3,4)5)21-11-10-16-9-8-15(2)17(14-16)24-6;/h8-9,14H,7,10-13H2,1-6H3,(H2,20,21,22);1H. The van der Waals surface area contributed by atoms with Gasteiger partial charge in [0.15, 0.2) is 5.96 Å². The van der Waals surface area contributed by atoms with Gasteiger partial charge < -0.3 is 15.4 Å². The van der Waals surface area contributed by atoms with Crippen molar-refractivity contribution >= 4 is 40.7 Å². The molecule has 0 saturated carbocycles. The largest absolute Gasteiger partial charge is 0.496 e. The molecule has 0 radical (unpaired) electrons. The molecule has 0 fully saturated rings. The molecule has 1 unspecified atom stereocenters. The first-order chi connectivity index (χ1) is 11.8.